The lowest BCUT2D eigenvalue weighted by molar-refractivity contribution is -0.115. The van der Waals surface area contributed by atoms with Gasteiger partial charge in [0.2, 0.25) is 5.91 Å². The van der Waals surface area contributed by atoms with Gasteiger partial charge in [-0.2, -0.15) is 0 Å². The van der Waals surface area contributed by atoms with E-state index in [0.717, 1.165) is 5.56 Å². The molecule has 5 nitrogen and oxygen atoms in total. The topological polar surface area (TPSA) is 64.1 Å². The monoisotopic (exact) mass is 303 g/mol. The molecule has 3 rings (SSSR count). The van der Waals surface area contributed by atoms with Crippen LogP contribution in [0.15, 0.2) is 24.4 Å². The lowest BCUT2D eigenvalue weighted by atomic mass is 10.1. The Hall–Kier alpha value is -2.14. The average molecular weight is 304 g/mol. The molecule has 108 valence electrons. The molecule has 0 bridgehead atoms. The minimum Gasteiger partial charge on any atom is -0.490 e. The summed E-state index contributed by atoms with van der Waals surface area (Å²) in [4.78, 5) is 20.1. The summed E-state index contributed by atoms with van der Waals surface area (Å²) < 4.78 is 5.79. The number of carbonyl (C=O) groups excluding carboxylic acids is 1. The minimum atomic E-state index is -0.0862. The molecule has 1 N–H and O–H groups in total. The van der Waals surface area contributed by atoms with Gasteiger partial charge in [0, 0.05) is 10.6 Å². The number of anilines is 1. The average Bonchev–Trinajstić information content (AvgIpc) is 2.77. The number of fused-ring (bicyclic) bond motifs is 1. The molecular weight excluding hydrogens is 290 g/mol. The molecule has 1 aliphatic rings. The van der Waals surface area contributed by atoms with Gasteiger partial charge in [-0.1, -0.05) is 11.6 Å². The molecule has 21 heavy (non-hydrogen) atoms. The Morgan fingerprint density at radius 1 is 1.38 bits per heavy atom. The first kappa shape index (κ1) is 13.8. The van der Waals surface area contributed by atoms with Crippen LogP contribution in [0.4, 0.5) is 5.82 Å². The first-order chi connectivity index (χ1) is 10.0. The highest BCUT2D eigenvalue weighted by Gasteiger charge is 2.22. The summed E-state index contributed by atoms with van der Waals surface area (Å²) in [5.41, 5.74) is 2.13. The number of ether oxygens (including phenoxy) is 1. The van der Waals surface area contributed by atoms with E-state index in [2.05, 4.69) is 15.3 Å². The lowest BCUT2D eigenvalue weighted by Gasteiger charge is -2.14. The van der Waals surface area contributed by atoms with Crippen LogP contribution in [0.5, 0.6) is 5.75 Å². The Bertz CT molecular complexity index is 716. The zero-order valence-electron chi connectivity index (χ0n) is 11.7. The predicted molar refractivity (Wildman–Crippen MR) is 80.6 cm³/mol. The van der Waals surface area contributed by atoms with Crippen molar-refractivity contribution in [3.8, 4) is 17.0 Å². The van der Waals surface area contributed by atoms with Crippen molar-refractivity contribution in [2.75, 3.05) is 5.32 Å². The highest BCUT2D eigenvalue weighted by Crippen LogP contribution is 2.33. The third kappa shape index (κ3) is 2.83. The second kappa shape index (κ2) is 5.33. The van der Waals surface area contributed by atoms with E-state index in [9.17, 15) is 4.79 Å². The maximum absolute atomic E-state index is 11.4. The molecule has 1 aromatic heterocycles. The molecule has 0 unspecified atom stereocenters. The number of nitrogens with zero attached hydrogens (tertiary/aromatic N) is 2. The smallest absolute Gasteiger partial charge is 0.231 e. The molecule has 0 saturated carbocycles. The summed E-state index contributed by atoms with van der Waals surface area (Å²) in [7, 11) is 0. The van der Waals surface area contributed by atoms with Gasteiger partial charge < -0.3 is 10.1 Å². The molecule has 1 aliphatic heterocycles. The normalized spacial score (nSPS) is 13.2. The molecule has 0 radical (unpaired) electrons. The van der Waals surface area contributed by atoms with E-state index in [1.54, 1.807) is 18.3 Å². The van der Waals surface area contributed by atoms with Gasteiger partial charge in [-0.3, -0.25) is 4.79 Å². The minimum absolute atomic E-state index is 0.0212. The van der Waals surface area contributed by atoms with Crippen LogP contribution < -0.4 is 10.1 Å². The van der Waals surface area contributed by atoms with Crippen LogP contribution in [0.3, 0.4) is 0 Å². The highest BCUT2D eigenvalue weighted by molar-refractivity contribution is 6.30. The highest BCUT2D eigenvalue weighted by atomic mass is 35.5. The lowest BCUT2D eigenvalue weighted by Crippen LogP contribution is -2.07. The summed E-state index contributed by atoms with van der Waals surface area (Å²) in [6.45, 7) is 3.89. The number of rotatable bonds is 3. The Labute approximate surface area is 127 Å². The SMILES string of the molecule is CC(C)Oc1cc(Cl)ccc1-c1cnc2c(n1)CC(=O)N2. The van der Waals surface area contributed by atoms with E-state index in [1.807, 2.05) is 19.9 Å². The van der Waals surface area contributed by atoms with Crippen LogP contribution in [0.25, 0.3) is 11.3 Å². The van der Waals surface area contributed by atoms with Crippen molar-refractivity contribution < 1.29 is 9.53 Å². The molecule has 2 heterocycles. The predicted octanol–water partition coefficient (Wildman–Crippen LogP) is 3.08. The number of hydrogen-bond acceptors (Lipinski definition) is 4. The molecule has 0 saturated heterocycles. The van der Waals surface area contributed by atoms with Crippen molar-refractivity contribution in [1.29, 1.82) is 0 Å². The molecule has 0 fully saturated rings. The van der Waals surface area contributed by atoms with Gasteiger partial charge in [-0.25, -0.2) is 9.97 Å². The first-order valence-corrected chi connectivity index (χ1v) is 7.03. The largest absolute Gasteiger partial charge is 0.490 e. The van der Waals surface area contributed by atoms with Gasteiger partial charge >= 0.3 is 0 Å². The van der Waals surface area contributed by atoms with Crippen LogP contribution >= 0.6 is 11.6 Å². The van der Waals surface area contributed by atoms with Crippen molar-refractivity contribution in [1.82, 2.24) is 9.97 Å². The zero-order chi connectivity index (χ0) is 15.0. The van der Waals surface area contributed by atoms with Crippen LogP contribution in [0, 0.1) is 0 Å². The quantitative estimate of drug-likeness (QED) is 0.946. The number of benzene rings is 1. The molecule has 0 atom stereocenters. The number of hydrogen-bond donors (Lipinski definition) is 1. The molecule has 0 spiro atoms. The summed E-state index contributed by atoms with van der Waals surface area (Å²) in [6.07, 6.45) is 1.90. The van der Waals surface area contributed by atoms with Crippen LogP contribution in [0.2, 0.25) is 5.02 Å². The molecule has 6 heteroatoms. The number of halogens is 1. The van der Waals surface area contributed by atoms with E-state index in [1.165, 1.54) is 0 Å². The second-order valence-electron chi connectivity index (χ2n) is 5.08. The second-order valence-corrected chi connectivity index (χ2v) is 5.52. The van der Waals surface area contributed by atoms with Gasteiger partial charge in [-0.05, 0) is 32.0 Å². The Balaban J connectivity index is 2.04. The van der Waals surface area contributed by atoms with E-state index < -0.39 is 0 Å². The third-order valence-electron chi connectivity index (χ3n) is 3.01. The number of carbonyl (C=O) groups is 1. The Kier molecular flexibility index (Phi) is 3.51. The van der Waals surface area contributed by atoms with Gasteiger partial charge in [0.05, 0.1) is 30.1 Å². The molecule has 2 aromatic rings. The van der Waals surface area contributed by atoms with Gasteiger partial charge in [-0.15, -0.1) is 0 Å². The maximum Gasteiger partial charge on any atom is 0.231 e. The van der Waals surface area contributed by atoms with E-state index in [0.29, 0.717) is 28.0 Å². The summed E-state index contributed by atoms with van der Waals surface area (Å²) in [5, 5.41) is 3.26. The third-order valence-corrected chi connectivity index (χ3v) is 3.25. The van der Waals surface area contributed by atoms with Crippen molar-refractivity contribution in [3.63, 3.8) is 0 Å². The van der Waals surface area contributed by atoms with Crippen LogP contribution in [0.1, 0.15) is 19.5 Å². The molecule has 1 amide bonds. The summed E-state index contributed by atoms with van der Waals surface area (Å²) in [6, 6.07) is 5.39. The molecule has 0 aliphatic carbocycles. The van der Waals surface area contributed by atoms with Crippen LogP contribution in [-0.2, 0) is 11.2 Å². The van der Waals surface area contributed by atoms with E-state index in [-0.39, 0.29) is 18.4 Å². The summed E-state index contributed by atoms with van der Waals surface area (Å²) in [5.74, 6) is 1.10. The molecule has 1 aromatic carbocycles. The number of aromatic nitrogens is 2. The molecular formula is C15H14ClN3O2. The van der Waals surface area contributed by atoms with Gasteiger partial charge in [0.15, 0.2) is 5.82 Å². The van der Waals surface area contributed by atoms with Crippen molar-refractivity contribution in [2.45, 2.75) is 26.4 Å². The maximum atomic E-state index is 11.4. The van der Waals surface area contributed by atoms with Crippen molar-refractivity contribution in [2.24, 2.45) is 0 Å². The Morgan fingerprint density at radius 2 is 2.19 bits per heavy atom. The van der Waals surface area contributed by atoms with Crippen molar-refractivity contribution >= 4 is 23.3 Å². The van der Waals surface area contributed by atoms with E-state index in [4.69, 9.17) is 16.3 Å². The van der Waals surface area contributed by atoms with Gasteiger partial charge in [0.1, 0.15) is 5.75 Å². The summed E-state index contributed by atoms with van der Waals surface area (Å²) >= 11 is 6.03. The van der Waals surface area contributed by atoms with Crippen LogP contribution in [-0.4, -0.2) is 22.0 Å². The van der Waals surface area contributed by atoms with E-state index >= 15 is 0 Å². The number of nitrogens with one attached hydrogen (secondary N) is 1. The fraction of sp³-hybridized carbons (Fsp3) is 0.267. The zero-order valence-corrected chi connectivity index (χ0v) is 12.4. The Morgan fingerprint density at radius 3 is 2.95 bits per heavy atom. The standard InChI is InChI=1S/C15H14ClN3O2/c1-8(2)21-13-5-9(16)3-4-10(13)12-7-17-15-11(18-12)6-14(20)19-15/h3-5,7-8H,6H2,1-2H3,(H,17,19,20). The fourth-order valence-electron chi connectivity index (χ4n) is 2.17. The first-order valence-electron chi connectivity index (χ1n) is 6.65. The van der Waals surface area contributed by atoms with Gasteiger partial charge in [0.25, 0.3) is 0 Å². The van der Waals surface area contributed by atoms with Crippen molar-refractivity contribution in [3.05, 3.63) is 35.1 Å². The fourth-order valence-corrected chi connectivity index (χ4v) is 2.33. The number of amides is 1.